The molecule has 0 aliphatic rings. The SMILES string of the molecule is C#CCC(C)NCC(C)CC. The van der Waals surface area contributed by atoms with Gasteiger partial charge < -0.3 is 5.32 Å². The van der Waals surface area contributed by atoms with E-state index in [0.717, 1.165) is 18.9 Å². The molecular weight excluding hydrogens is 134 g/mol. The van der Waals surface area contributed by atoms with Gasteiger partial charge in [-0.05, 0) is 19.4 Å². The predicted octanol–water partition coefficient (Wildman–Crippen LogP) is 2.03. The third-order valence-corrected chi connectivity index (χ3v) is 1.94. The molecule has 0 aliphatic carbocycles. The maximum atomic E-state index is 5.18. The Morgan fingerprint density at radius 3 is 2.55 bits per heavy atom. The summed E-state index contributed by atoms with van der Waals surface area (Å²) in [6, 6.07) is 0.467. The van der Waals surface area contributed by atoms with Crippen molar-refractivity contribution in [3.63, 3.8) is 0 Å². The third kappa shape index (κ3) is 5.94. The molecule has 1 N–H and O–H groups in total. The first-order chi connectivity index (χ1) is 5.20. The molecule has 0 aliphatic heterocycles. The highest BCUT2D eigenvalue weighted by Crippen LogP contribution is 1.98. The smallest absolute Gasteiger partial charge is 0.0238 e. The van der Waals surface area contributed by atoms with Gasteiger partial charge in [0.2, 0.25) is 0 Å². The zero-order valence-electron chi connectivity index (χ0n) is 7.85. The maximum absolute atomic E-state index is 5.18. The molecule has 0 aromatic rings. The number of hydrogen-bond acceptors (Lipinski definition) is 1. The molecule has 2 unspecified atom stereocenters. The zero-order chi connectivity index (χ0) is 8.69. The molecular formula is C10H19N. The monoisotopic (exact) mass is 153 g/mol. The lowest BCUT2D eigenvalue weighted by Gasteiger charge is -2.14. The quantitative estimate of drug-likeness (QED) is 0.596. The molecule has 0 saturated heterocycles. The normalized spacial score (nSPS) is 15.5. The van der Waals surface area contributed by atoms with Crippen LogP contribution in [-0.4, -0.2) is 12.6 Å². The molecule has 0 aromatic carbocycles. The van der Waals surface area contributed by atoms with Crippen LogP contribution in [0.1, 0.15) is 33.6 Å². The molecule has 0 radical (unpaired) electrons. The summed E-state index contributed by atoms with van der Waals surface area (Å²) in [6.45, 7) is 7.66. The highest BCUT2D eigenvalue weighted by atomic mass is 14.9. The molecule has 1 nitrogen and oxygen atoms in total. The van der Waals surface area contributed by atoms with Gasteiger partial charge in [0.1, 0.15) is 0 Å². The van der Waals surface area contributed by atoms with Crippen molar-refractivity contribution in [1.29, 1.82) is 0 Å². The Labute approximate surface area is 70.6 Å². The fraction of sp³-hybridized carbons (Fsp3) is 0.800. The lowest BCUT2D eigenvalue weighted by Crippen LogP contribution is -2.29. The van der Waals surface area contributed by atoms with Gasteiger partial charge in [0.25, 0.3) is 0 Å². The fourth-order valence-corrected chi connectivity index (χ4v) is 0.796. The van der Waals surface area contributed by atoms with E-state index in [9.17, 15) is 0 Å². The average Bonchev–Trinajstić information content (AvgIpc) is 2.01. The van der Waals surface area contributed by atoms with Gasteiger partial charge in [0.15, 0.2) is 0 Å². The van der Waals surface area contributed by atoms with Gasteiger partial charge in [-0.3, -0.25) is 0 Å². The van der Waals surface area contributed by atoms with Crippen molar-refractivity contribution in [2.24, 2.45) is 5.92 Å². The van der Waals surface area contributed by atoms with E-state index < -0.39 is 0 Å². The zero-order valence-corrected chi connectivity index (χ0v) is 7.85. The highest BCUT2D eigenvalue weighted by Gasteiger charge is 2.01. The summed E-state index contributed by atoms with van der Waals surface area (Å²) in [6.07, 6.45) is 7.24. The lowest BCUT2D eigenvalue weighted by molar-refractivity contribution is 0.457. The highest BCUT2D eigenvalue weighted by molar-refractivity contribution is 4.88. The predicted molar refractivity (Wildman–Crippen MR) is 50.4 cm³/mol. The number of rotatable bonds is 5. The Balaban J connectivity index is 3.31. The third-order valence-electron chi connectivity index (χ3n) is 1.94. The second-order valence-corrected chi connectivity index (χ2v) is 3.23. The summed E-state index contributed by atoms with van der Waals surface area (Å²) in [5, 5.41) is 3.39. The standard InChI is InChI=1S/C10H19N/c1-5-7-10(4)11-8-9(3)6-2/h1,9-11H,6-8H2,2-4H3. The summed E-state index contributed by atoms with van der Waals surface area (Å²) < 4.78 is 0. The largest absolute Gasteiger partial charge is 0.313 e. The van der Waals surface area contributed by atoms with E-state index in [2.05, 4.69) is 32.0 Å². The van der Waals surface area contributed by atoms with Crippen molar-refractivity contribution in [2.45, 2.75) is 39.7 Å². The van der Waals surface area contributed by atoms with Crippen LogP contribution in [0.25, 0.3) is 0 Å². The topological polar surface area (TPSA) is 12.0 Å². The summed E-state index contributed by atoms with van der Waals surface area (Å²) in [7, 11) is 0. The van der Waals surface area contributed by atoms with E-state index in [0.29, 0.717) is 6.04 Å². The summed E-state index contributed by atoms with van der Waals surface area (Å²) in [4.78, 5) is 0. The molecule has 11 heavy (non-hydrogen) atoms. The van der Waals surface area contributed by atoms with Gasteiger partial charge in [0, 0.05) is 12.5 Å². The van der Waals surface area contributed by atoms with Crippen LogP contribution in [0.3, 0.4) is 0 Å². The minimum Gasteiger partial charge on any atom is -0.313 e. The van der Waals surface area contributed by atoms with Gasteiger partial charge in [-0.25, -0.2) is 0 Å². The molecule has 0 aromatic heterocycles. The van der Waals surface area contributed by atoms with Gasteiger partial charge in [-0.2, -0.15) is 0 Å². The average molecular weight is 153 g/mol. The van der Waals surface area contributed by atoms with E-state index in [-0.39, 0.29) is 0 Å². The van der Waals surface area contributed by atoms with E-state index >= 15 is 0 Å². The summed E-state index contributed by atoms with van der Waals surface area (Å²) in [5.74, 6) is 3.41. The lowest BCUT2D eigenvalue weighted by atomic mass is 10.1. The minimum absolute atomic E-state index is 0.467. The van der Waals surface area contributed by atoms with Crippen LogP contribution in [0.4, 0.5) is 0 Å². The van der Waals surface area contributed by atoms with Gasteiger partial charge in [-0.1, -0.05) is 20.3 Å². The Bertz CT molecular complexity index is 123. The molecule has 0 fully saturated rings. The second-order valence-electron chi connectivity index (χ2n) is 3.23. The Hall–Kier alpha value is -0.480. The Kier molecular flexibility index (Phi) is 5.97. The van der Waals surface area contributed by atoms with Gasteiger partial charge in [0.05, 0.1) is 0 Å². The van der Waals surface area contributed by atoms with Crippen LogP contribution in [0.5, 0.6) is 0 Å². The van der Waals surface area contributed by atoms with Gasteiger partial charge >= 0.3 is 0 Å². The van der Waals surface area contributed by atoms with E-state index in [4.69, 9.17) is 6.42 Å². The molecule has 0 heterocycles. The first kappa shape index (κ1) is 10.5. The molecule has 64 valence electrons. The maximum Gasteiger partial charge on any atom is 0.0238 e. The molecule has 0 amide bonds. The Morgan fingerprint density at radius 2 is 2.09 bits per heavy atom. The van der Waals surface area contributed by atoms with Crippen molar-refractivity contribution >= 4 is 0 Å². The Morgan fingerprint density at radius 1 is 1.45 bits per heavy atom. The van der Waals surface area contributed by atoms with E-state index in [1.807, 2.05) is 0 Å². The molecule has 1 heteroatoms. The van der Waals surface area contributed by atoms with Crippen molar-refractivity contribution in [1.82, 2.24) is 5.32 Å². The molecule has 0 rings (SSSR count). The first-order valence-corrected chi connectivity index (χ1v) is 4.37. The molecule has 0 spiro atoms. The molecule has 0 saturated carbocycles. The van der Waals surface area contributed by atoms with Crippen molar-refractivity contribution in [3.8, 4) is 12.3 Å². The van der Waals surface area contributed by atoms with Gasteiger partial charge in [-0.15, -0.1) is 12.3 Å². The fourth-order valence-electron chi connectivity index (χ4n) is 0.796. The summed E-state index contributed by atoms with van der Waals surface area (Å²) >= 11 is 0. The number of terminal acetylenes is 1. The van der Waals surface area contributed by atoms with Crippen molar-refractivity contribution in [3.05, 3.63) is 0 Å². The van der Waals surface area contributed by atoms with E-state index in [1.54, 1.807) is 0 Å². The number of nitrogens with one attached hydrogen (secondary N) is 1. The van der Waals surface area contributed by atoms with Crippen LogP contribution >= 0.6 is 0 Å². The van der Waals surface area contributed by atoms with Crippen LogP contribution in [0.2, 0.25) is 0 Å². The van der Waals surface area contributed by atoms with Crippen molar-refractivity contribution in [2.75, 3.05) is 6.54 Å². The van der Waals surface area contributed by atoms with E-state index in [1.165, 1.54) is 6.42 Å². The first-order valence-electron chi connectivity index (χ1n) is 4.37. The molecule has 0 bridgehead atoms. The number of hydrogen-bond donors (Lipinski definition) is 1. The van der Waals surface area contributed by atoms with Crippen molar-refractivity contribution < 1.29 is 0 Å². The van der Waals surface area contributed by atoms with Crippen LogP contribution in [0.15, 0.2) is 0 Å². The second kappa shape index (κ2) is 6.24. The minimum atomic E-state index is 0.467. The van der Waals surface area contributed by atoms with Crippen LogP contribution in [-0.2, 0) is 0 Å². The summed E-state index contributed by atoms with van der Waals surface area (Å²) in [5.41, 5.74) is 0. The molecule has 2 atom stereocenters. The van der Waals surface area contributed by atoms with Crippen LogP contribution in [0, 0.1) is 18.3 Å². The van der Waals surface area contributed by atoms with Crippen LogP contribution < -0.4 is 5.32 Å².